The molecule has 0 spiro atoms. The molecule has 2 atom stereocenters. The van der Waals surface area contributed by atoms with Crippen LogP contribution >= 0.6 is 15.9 Å². The number of benzene rings is 2. The van der Waals surface area contributed by atoms with Crippen LogP contribution in [0.1, 0.15) is 28.4 Å². The van der Waals surface area contributed by atoms with Crippen molar-refractivity contribution >= 4 is 37.5 Å². The van der Waals surface area contributed by atoms with E-state index in [1.807, 2.05) is 12.1 Å². The number of amides is 1. The van der Waals surface area contributed by atoms with Crippen LogP contribution in [0.5, 0.6) is 0 Å². The van der Waals surface area contributed by atoms with Crippen LogP contribution in [0.4, 0.5) is 5.69 Å². The summed E-state index contributed by atoms with van der Waals surface area (Å²) in [4.78, 5) is 24.9. The molecular formula is C24H22BrN3O4S. The van der Waals surface area contributed by atoms with E-state index in [4.69, 9.17) is 0 Å². The van der Waals surface area contributed by atoms with Crippen LogP contribution in [0.3, 0.4) is 0 Å². The molecule has 0 aliphatic carbocycles. The summed E-state index contributed by atoms with van der Waals surface area (Å²) < 4.78 is 30.7. The molecule has 33 heavy (non-hydrogen) atoms. The minimum Gasteiger partial charge on any atom is -0.322 e. The first-order valence-corrected chi connectivity index (χ1v) is 12.9. The molecule has 3 heterocycles. The molecule has 0 saturated carbocycles. The van der Waals surface area contributed by atoms with Gasteiger partial charge in [0.1, 0.15) is 0 Å². The SMILES string of the molecule is O=C(Nc1ccc(S(=O)(=O)N2C[C@H]3C[C@@H](C2)c2cccc(=O)n2C3)cc1)c1ccccc1Br. The van der Waals surface area contributed by atoms with Gasteiger partial charge in [0.15, 0.2) is 0 Å². The molecule has 2 bridgehead atoms. The van der Waals surface area contributed by atoms with Gasteiger partial charge in [0, 0.05) is 47.5 Å². The summed E-state index contributed by atoms with van der Waals surface area (Å²) in [6.07, 6.45) is 0.884. The first kappa shape index (κ1) is 22.1. The summed E-state index contributed by atoms with van der Waals surface area (Å²) in [5.74, 6) is -0.172. The van der Waals surface area contributed by atoms with Crippen molar-refractivity contribution < 1.29 is 13.2 Å². The Kier molecular flexibility index (Phi) is 5.72. The molecule has 7 nitrogen and oxygen atoms in total. The molecule has 3 aromatic rings. The number of anilines is 1. The van der Waals surface area contributed by atoms with E-state index in [1.165, 1.54) is 16.4 Å². The van der Waals surface area contributed by atoms with Crippen molar-refractivity contribution in [3.8, 4) is 0 Å². The number of fused-ring (bicyclic) bond motifs is 4. The van der Waals surface area contributed by atoms with Crippen LogP contribution in [0.2, 0.25) is 0 Å². The quantitative estimate of drug-likeness (QED) is 0.560. The van der Waals surface area contributed by atoms with Gasteiger partial charge in [0.2, 0.25) is 10.0 Å². The van der Waals surface area contributed by atoms with Gasteiger partial charge in [-0.2, -0.15) is 4.31 Å². The molecule has 1 N–H and O–H groups in total. The van der Waals surface area contributed by atoms with Crippen LogP contribution in [0.25, 0.3) is 0 Å². The summed E-state index contributed by atoms with van der Waals surface area (Å²) in [6.45, 7) is 1.28. The number of halogens is 1. The van der Waals surface area contributed by atoms with Crippen molar-refractivity contribution in [3.63, 3.8) is 0 Å². The summed E-state index contributed by atoms with van der Waals surface area (Å²) in [5.41, 5.74) is 1.88. The number of aromatic nitrogens is 1. The topological polar surface area (TPSA) is 88.5 Å². The zero-order valence-corrected chi connectivity index (χ0v) is 20.1. The van der Waals surface area contributed by atoms with Gasteiger partial charge in [-0.25, -0.2) is 8.42 Å². The normalized spacial score (nSPS) is 20.2. The Morgan fingerprint density at radius 1 is 0.939 bits per heavy atom. The van der Waals surface area contributed by atoms with Crippen LogP contribution in [0.15, 0.2) is 80.9 Å². The van der Waals surface area contributed by atoms with Crippen LogP contribution in [0, 0.1) is 5.92 Å². The van der Waals surface area contributed by atoms with E-state index < -0.39 is 10.0 Å². The highest BCUT2D eigenvalue weighted by atomic mass is 79.9. The number of carbonyl (C=O) groups is 1. The van der Waals surface area contributed by atoms with Crippen molar-refractivity contribution in [2.45, 2.75) is 23.8 Å². The van der Waals surface area contributed by atoms with Gasteiger partial charge in [0.25, 0.3) is 11.5 Å². The molecule has 5 rings (SSSR count). The lowest BCUT2D eigenvalue weighted by molar-refractivity contribution is 0.102. The Balaban J connectivity index is 1.34. The Hall–Kier alpha value is -2.75. The number of rotatable bonds is 4. The molecule has 9 heteroatoms. The molecule has 1 saturated heterocycles. The fourth-order valence-corrected chi connectivity index (χ4v) is 6.78. The lowest BCUT2D eigenvalue weighted by atomic mass is 9.84. The van der Waals surface area contributed by atoms with E-state index in [0.29, 0.717) is 35.4 Å². The Labute approximate surface area is 200 Å². The van der Waals surface area contributed by atoms with Crippen LogP contribution in [-0.4, -0.2) is 36.3 Å². The molecular weight excluding hydrogens is 506 g/mol. The summed E-state index contributed by atoms with van der Waals surface area (Å²) in [5, 5.41) is 2.80. The third-order valence-electron chi connectivity index (χ3n) is 6.31. The third kappa shape index (κ3) is 4.16. The molecule has 1 aromatic heterocycles. The van der Waals surface area contributed by atoms with Gasteiger partial charge in [-0.3, -0.25) is 9.59 Å². The highest BCUT2D eigenvalue weighted by Gasteiger charge is 2.39. The monoisotopic (exact) mass is 527 g/mol. The largest absolute Gasteiger partial charge is 0.322 e. The van der Waals surface area contributed by atoms with Gasteiger partial charge in [0.05, 0.1) is 10.5 Å². The number of nitrogens with zero attached hydrogens (tertiary/aromatic N) is 2. The zero-order valence-electron chi connectivity index (χ0n) is 17.6. The maximum Gasteiger partial charge on any atom is 0.256 e. The molecule has 1 amide bonds. The standard InChI is InChI=1S/C24H22BrN3O4S/c25-21-5-2-1-4-20(21)24(30)26-18-8-10-19(11-9-18)33(31,32)27-13-16-12-17(15-27)22-6-3-7-23(29)28(22)14-16/h1-11,16-17H,12-15H2,(H,26,30)/t16-,17+/m1/s1. The van der Waals surface area contributed by atoms with E-state index in [9.17, 15) is 18.0 Å². The lowest BCUT2D eigenvalue weighted by Gasteiger charge is -2.42. The molecule has 2 aromatic carbocycles. The number of nitrogens with one attached hydrogen (secondary N) is 1. The van der Waals surface area contributed by atoms with Crippen molar-refractivity contribution in [1.29, 1.82) is 0 Å². The predicted molar refractivity (Wildman–Crippen MR) is 129 cm³/mol. The Morgan fingerprint density at radius 3 is 2.45 bits per heavy atom. The van der Waals surface area contributed by atoms with Gasteiger partial charge in [-0.15, -0.1) is 0 Å². The number of pyridine rings is 1. The zero-order chi connectivity index (χ0) is 23.2. The number of hydrogen-bond donors (Lipinski definition) is 1. The second kappa shape index (κ2) is 8.55. The molecule has 0 radical (unpaired) electrons. The van der Waals surface area contributed by atoms with Crippen molar-refractivity contribution in [2.24, 2.45) is 5.92 Å². The average molecular weight is 528 g/mol. The number of carbonyl (C=O) groups excluding carboxylic acids is 1. The van der Waals surface area contributed by atoms with Gasteiger partial charge >= 0.3 is 0 Å². The fraction of sp³-hybridized carbons (Fsp3) is 0.250. The second-order valence-corrected chi connectivity index (χ2v) is 11.3. The van der Waals surface area contributed by atoms with E-state index in [1.54, 1.807) is 47.0 Å². The average Bonchev–Trinajstić information content (AvgIpc) is 2.80. The smallest absolute Gasteiger partial charge is 0.256 e. The summed E-state index contributed by atoms with van der Waals surface area (Å²) in [7, 11) is -3.70. The third-order valence-corrected chi connectivity index (χ3v) is 8.85. The number of hydrogen-bond acceptors (Lipinski definition) is 4. The lowest BCUT2D eigenvalue weighted by Crippen LogP contribution is -2.48. The van der Waals surface area contributed by atoms with Crippen molar-refractivity contribution in [3.05, 3.63) is 92.8 Å². The fourth-order valence-electron chi connectivity index (χ4n) is 4.75. The Morgan fingerprint density at radius 2 is 1.70 bits per heavy atom. The van der Waals surface area contributed by atoms with Crippen molar-refractivity contribution in [2.75, 3.05) is 18.4 Å². The molecule has 1 fully saturated rings. The Bertz CT molecular complexity index is 1390. The maximum absolute atomic E-state index is 13.4. The minimum absolute atomic E-state index is 0.00376. The molecule has 2 aliphatic heterocycles. The number of piperidine rings is 1. The van der Waals surface area contributed by atoms with Gasteiger partial charge in [-0.1, -0.05) is 18.2 Å². The van der Waals surface area contributed by atoms with Crippen LogP contribution < -0.4 is 10.9 Å². The van der Waals surface area contributed by atoms with Crippen LogP contribution in [-0.2, 0) is 16.6 Å². The van der Waals surface area contributed by atoms with E-state index in [-0.39, 0.29) is 28.2 Å². The van der Waals surface area contributed by atoms with E-state index >= 15 is 0 Å². The van der Waals surface area contributed by atoms with Gasteiger partial charge in [-0.05, 0) is 70.7 Å². The summed E-state index contributed by atoms with van der Waals surface area (Å²) in [6, 6.07) is 18.5. The molecule has 170 valence electrons. The summed E-state index contributed by atoms with van der Waals surface area (Å²) >= 11 is 3.36. The highest BCUT2D eigenvalue weighted by molar-refractivity contribution is 9.10. The van der Waals surface area contributed by atoms with E-state index in [0.717, 1.165) is 12.1 Å². The maximum atomic E-state index is 13.4. The first-order chi connectivity index (χ1) is 15.8. The molecule has 0 unspecified atom stereocenters. The molecule has 2 aliphatic rings. The highest BCUT2D eigenvalue weighted by Crippen LogP contribution is 2.37. The van der Waals surface area contributed by atoms with E-state index in [2.05, 4.69) is 21.2 Å². The van der Waals surface area contributed by atoms with Crippen molar-refractivity contribution in [1.82, 2.24) is 8.87 Å². The minimum atomic E-state index is -3.70. The number of sulfonamides is 1. The van der Waals surface area contributed by atoms with Gasteiger partial charge < -0.3 is 9.88 Å². The predicted octanol–water partition coefficient (Wildman–Crippen LogP) is 3.67. The first-order valence-electron chi connectivity index (χ1n) is 10.7. The second-order valence-electron chi connectivity index (χ2n) is 8.48.